The first-order valence-electron chi connectivity index (χ1n) is 7.22. The van der Waals surface area contributed by atoms with Crippen LogP contribution in [0.25, 0.3) is 0 Å². The summed E-state index contributed by atoms with van der Waals surface area (Å²) in [5.74, 6) is -0.835. The van der Waals surface area contributed by atoms with E-state index in [-0.39, 0.29) is 11.8 Å². The Labute approximate surface area is 137 Å². The lowest BCUT2D eigenvalue weighted by Crippen LogP contribution is -2.35. The minimum absolute atomic E-state index is 0.298. The highest BCUT2D eigenvalue weighted by atomic mass is 19.4. The SMILES string of the molecule is C[C@@H](N[C@H](C(N)=O)c1ccccc1)c1ccc(OC(F)(F)F)cc1. The van der Waals surface area contributed by atoms with Gasteiger partial charge in [-0.2, -0.15) is 0 Å². The normalized spacial score (nSPS) is 14.0. The predicted molar refractivity (Wildman–Crippen MR) is 83.1 cm³/mol. The molecule has 0 heterocycles. The minimum atomic E-state index is -4.73. The van der Waals surface area contributed by atoms with Crippen LogP contribution in [-0.2, 0) is 4.79 Å². The van der Waals surface area contributed by atoms with Gasteiger partial charge in [-0.1, -0.05) is 42.5 Å². The Hall–Kier alpha value is -2.54. The molecule has 0 aliphatic heterocycles. The van der Waals surface area contributed by atoms with Crippen molar-refractivity contribution in [2.45, 2.75) is 25.4 Å². The lowest BCUT2D eigenvalue weighted by Gasteiger charge is -2.22. The zero-order valence-corrected chi connectivity index (χ0v) is 12.9. The smallest absolute Gasteiger partial charge is 0.406 e. The second-order valence-electron chi connectivity index (χ2n) is 5.25. The summed E-state index contributed by atoms with van der Waals surface area (Å²) < 4.78 is 40.3. The van der Waals surface area contributed by atoms with Gasteiger partial charge in [0.2, 0.25) is 5.91 Å². The highest BCUT2D eigenvalue weighted by Crippen LogP contribution is 2.25. The molecule has 2 aromatic rings. The van der Waals surface area contributed by atoms with Gasteiger partial charge < -0.3 is 10.5 Å². The van der Waals surface area contributed by atoms with Gasteiger partial charge in [0.15, 0.2) is 0 Å². The number of primary amides is 1. The van der Waals surface area contributed by atoms with Crippen LogP contribution < -0.4 is 15.8 Å². The van der Waals surface area contributed by atoms with Crippen LogP contribution in [0.1, 0.15) is 30.1 Å². The third kappa shape index (κ3) is 4.99. The van der Waals surface area contributed by atoms with E-state index in [1.165, 1.54) is 24.3 Å². The summed E-state index contributed by atoms with van der Waals surface area (Å²) >= 11 is 0. The number of nitrogens with two attached hydrogens (primary N) is 1. The molecule has 0 fully saturated rings. The Bertz CT molecular complexity index is 672. The van der Waals surface area contributed by atoms with Crippen LogP contribution in [0, 0.1) is 0 Å². The maximum absolute atomic E-state index is 12.2. The van der Waals surface area contributed by atoms with Gasteiger partial charge in [0.1, 0.15) is 11.8 Å². The van der Waals surface area contributed by atoms with E-state index in [1.54, 1.807) is 31.2 Å². The van der Waals surface area contributed by atoms with E-state index in [0.717, 1.165) is 0 Å². The van der Waals surface area contributed by atoms with Crippen LogP contribution in [0.5, 0.6) is 5.75 Å². The average Bonchev–Trinajstić information content (AvgIpc) is 2.52. The maximum Gasteiger partial charge on any atom is 0.573 e. The highest BCUT2D eigenvalue weighted by Gasteiger charge is 2.31. The Morgan fingerprint density at radius 3 is 2.12 bits per heavy atom. The monoisotopic (exact) mass is 338 g/mol. The summed E-state index contributed by atoms with van der Waals surface area (Å²) in [5.41, 5.74) is 6.86. The molecule has 0 bridgehead atoms. The number of amides is 1. The second kappa shape index (κ2) is 7.35. The quantitative estimate of drug-likeness (QED) is 0.848. The maximum atomic E-state index is 12.2. The number of halogens is 3. The van der Waals surface area contributed by atoms with Gasteiger partial charge in [0.25, 0.3) is 0 Å². The molecule has 0 aliphatic carbocycles. The largest absolute Gasteiger partial charge is 0.573 e. The Morgan fingerprint density at radius 2 is 1.62 bits per heavy atom. The zero-order chi connectivity index (χ0) is 17.7. The fourth-order valence-corrected chi connectivity index (χ4v) is 2.29. The molecule has 0 aromatic heterocycles. The van der Waals surface area contributed by atoms with Gasteiger partial charge in [-0.25, -0.2) is 0 Å². The Kier molecular flexibility index (Phi) is 5.46. The van der Waals surface area contributed by atoms with Gasteiger partial charge in [-0.05, 0) is 30.2 Å². The number of nitrogens with one attached hydrogen (secondary N) is 1. The third-order valence-electron chi connectivity index (χ3n) is 3.45. The molecule has 2 aromatic carbocycles. The molecule has 0 saturated carbocycles. The molecular weight excluding hydrogens is 321 g/mol. The number of alkyl halides is 3. The van der Waals surface area contributed by atoms with Crippen LogP contribution in [0.3, 0.4) is 0 Å². The molecule has 0 unspecified atom stereocenters. The van der Waals surface area contributed by atoms with E-state index < -0.39 is 18.3 Å². The number of hydrogen-bond donors (Lipinski definition) is 2. The van der Waals surface area contributed by atoms with Crippen LogP contribution in [0.15, 0.2) is 54.6 Å². The van der Waals surface area contributed by atoms with E-state index in [4.69, 9.17) is 5.73 Å². The first-order valence-corrected chi connectivity index (χ1v) is 7.22. The van der Waals surface area contributed by atoms with Gasteiger partial charge in [0, 0.05) is 6.04 Å². The topological polar surface area (TPSA) is 64.3 Å². The Morgan fingerprint density at radius 1 is 1.04 bits per heavy atom. The van der Waals surface area contributed by atoms with Crippen molar-refractivity contribution in [3.8, 4) is 5.75 Å². The van der Waals surface area contributed by atoms with Crippen molar-refractivity contribution in [3.05, 3.63) is 65.7 Å². The van der Waals surface area contributed by atoms with Crippen molar-refractivity contribution in [1.29, 1.82) is 0 Å². The first-order chi connectivity index (χ1) is 11.3. The van der Waals surface area contributed by atoms with Crippen molar-refractivity contribution in [2.24, 2.45) is 5.73 Å². The minimum Gasteiger partial charge on any atom is -0.406 e. The molecule has 1 amide bonds. The molecule has 0 aliphatic rings. The molecule has 3 N–H and O–H groups in total. The summed E-state index contributed by atoms with van der Waals surface area (Å²) in [6, 6.07) is 13.4. The van der Waals surface area contributed by atoms with E-state index in [9.17, 15) is 18.0 Å². The van der Waals surface area contributed by atoms with Gasteiger partial charge in [0.05, 0.1) is 0 Å². The molecule has 0 saturated heterocycles. The van der Waals surface area contributed by atoms with Gasteiger partial charge in [-0.15, -0.1) is 13.2 Å². The predicted octanol–water partition coefficient (Wildman–Crippen LogP) is 3.46. The molecule has 2 rings (SSSR count). The molecule has 0 spiro atoms. The molecule has 0 radical (unpaired) electrons. The summed E-state index contributed by atoms with van der Waals surface area (Å²) in [5, 5.41) is 3.08. The number of rotatable bonds is 6. The van der Waals surface area contributed by atoms with Crippen molar-refractivity contribution in [2.75, 3.05) is 0 Å². The van der Waals surface area contributed by atoms with Crippen molar-refractivity contribution in [3.63, 3.8) is 0 Å². The number of ether oxygens (including phenoxy) is 1. The lowest BCUT2D eigenvalue weighted by molar-refractivity contribution is -0.274. The van der Waals surface area contributed by atoms with Crippen molar-refractivity contribution in [1.82, 2.24) is 5.32 Å². The fraction of sp³-hybridized carbons (Fsp3) is 0.235. The first kappa shape index (κ1) is 17.8. The molecule has 2 atom stereocenters. The van der Waals surface area contributed by atoms with Crippen LogP contribution >= 0.6 is 0 Å². The van der Waals surface area contributed by atoms with E-state index >= 15 is 0 Å². The summed E-state index contributed by atoms with van der Waals surface area (Å²) in [4.78, 5) is 11.7. The van der Waals surface area contributed by atoms with E-state index in [0.29, 0.717) is 11.1 Å². The molecular formula is C17H17F3N2O2. The van der Waals surface area contributed by atoms with Gasteiger partial charge >= 0.3 is 6.36 Å². The third-order valence-corrected chi connectivity index (χ3v) is 3.45. The number of carbonyl (C=O) groups excluding carboxylic acids is 1. The lowest BCUT2D eigenvalue weighted by atomic mass is 10.0. The highest BCUT2D eigenvalue weighted by molar-refractivity contribution is 5.81. The van der Waals surface area contributed by atoms with Crippen LogP contribution in [-0.4, -0.2) is 12.3 Å². The second-order valence-corrected chi connectivity index (χ2v) is 5.25. The van der Waals surface area contributed by atoms with Gasteiger partial charge in [-0.3, -0.25) is 10.1 Å². The number of benzene rings is 2. The molecule has 4 nitrogen and oxygen atoms in total. The van der Waals surface area contributed by atoms with E-state index in [2.05, 4.69) is 10.1 Å². The fourth-order valence-electron chi connectivity index (χ4n) is 2.29. The average molecular weight is 338 g/mol. The summed E-state index contributed by atoms with van der Waals surface area (Å²) in [6.45, 7) is 1.79. The molecule has 24 heavy (non-hydrogen) atoms. The van der Waals surface area contributed by atoms with Crippen LogP contribution in [0.2, 0.25) is 0 Å². The van der Waals surface area contributed by atoms with E-state index in [1.807, 2.05) is 6.07 Å². The molecule has 7 heteroatoms. The summed E-state index contributed by atoms with van der Waals surface area (Å²) in [7, 11) is 0. The standard InChI is InChI=1S/C17H17F3N2O2/c1-11(12-7-9-14(10-8-12)24-17(18,19)20)22-15(16(21)23)13-5-3-2-4-6-13/h2-11,15,22H,1H3,(H2,21,23)/t11-,15+/m1/s1. The number of carbonyl (C=O) groups is 1. The Balaban J connectivity index is 2.10. The summed E-state index contributed by atoms with van der Waals surface area (Å²) in [6.07, 6.45) is -4.73. The molecule has 128 valence electrons. The van der Waals surface area contributed by atoms with Crippen molar-refractivity contribution >= 4 is 5.91 Å². The zero-order valence-electron chi connectivity index (χ0n) is 12.9. The van der Waals surface area contributed by atoms with Crippen LogP contribution in [0.4, 0.5) is 13.2 Å². The van der Waals surface area contributed by atoms with Crippen molar-refractivity contribution < 1.29 is 22.7 Å². The number of hydrogen-bond acceptors (Lipinski definition) is 3.